The standard InChI is InChI=1S/C9H8F2N2S/c10-4-5-13-8-6(11)2-1-3-7(8)12-9(13)14/h1-3H,4-5H2,(H,12,14). The van der Waals surface area contributed by atoms with E-state index >= 15 is 0 Å². The van der Waals surface area contributed by atoms with Crippen LogP contribution >= 0.6 is 12.2 Å². The number of H-pyrrole nitrogens is 1. The first-order valence-electron chi connectivity index (χ1n) is 4.17. The Balaban J connectivity index is 2.79. The molecule has 0 aliphatic rings. The molecule has 0 fully saturated rings. The first kappa shape index (κ1) is 9.33. The van der Waals surface area contributed by atoms with Crippen LogP contribution in [0, 0.1) is 10.6 Å². The third kappa shape index (κ3) is 1.33. The Labute approximate surface area is 84.2 Å². The summed E-state index contributed by atoms with van der Waals surface area (Å²) in [5, 5.41) is 0. The molecule has 0 amide bonds. The highest BCUT2D eigenvalue weighted by molar-refractivity contribution is 7.71. The van der Waals surface area contributed by atoms with Gasteiger partial charge in [0, 0.05) is 0 Å². The summed E-state index contributed by atoms with van der Waals surface area (Å²) >= 11 is 4.95. The average molecular weight is 214 g/mol. The number of fused-ring (bicyclic) bond motifs is 1. The highest BCUT2D eigenvalue weighted by atomic mass is 32.1. The number of rotatable bonds is 2. The fourth-order valence-electron chi connectivity index (χ4n) is 1.47. The Hall–Kier alpha value is -1.23. The smallest absolute Gasteiger partial charge is 0.178 e. The van der Waals surface area contributed by atoms with E-state index < -0.39 is 6.67 Å². The number of aromatic amines is 1. The number of benzene rings is 1. The zero-order valence-electron chi connectivity index (χ0n) is 7.26. The predicted octanol–water partition coefficient (Wildman–Crippen LogP) is 2.81. The molecule has 0 aliphatic heterocycles. The van der Waals surface area contributed by atoms with E-state index in [2.05, 4.69) is 4.98 Å². The molecule has 0 saturated carbocycles. The molecular formula is C9H8F2N2S. The Kier molecular flexibility index (Phi) is 2.33. The quantitative estimate of drug-likeness (QED) is 0.762. The normalized spacial score (nSPS) is 11.0. The van der Waals surface area contributed by atoms with Gasteiger partial charge in [-0.3, -0.25) is 0 Å². The molecule has 74 valence electrons. The van der Waals surface area contributed by atoms with Crippen molar-refractivity contribution < 1.29 is 8.78 Å². The number of hydrogen-bond donors (Lipinski definition) is 1. The zero-order chi connectivity index (χ0) is 10.1. The van der Waals surface area contributed by atoms with E-state index in [1.54, 1.807) is 12.1 Å². The van der Waals surface area contributed by atoms with E-state index in [0.29, 0.717) is 15.8 Å². The van der Waals surface area contributed by atoms with Gasteiger partial charge in [0.2, 0.25) is 0 Å². The fraction of sp³-hybridized carbons (Fsp3) is 0.222. The molecule has 1 N–H and O–H groups in total. The molecular weight excluding hydrogens is 206 g/mol. The third-order valence-electron chi connectivity index (χ3n) is 2.05. The number of nitrogens with one attached hydrogen (secondary N) is 1. The maximum Gasteiger partial charge on any atom is 0.178 e. The minimum atomic E-state index is -0.560. The molecule has 1 aromatic heterocycles. The fourth-order valence-corrected chi connectivity index (χ4v) is 1.77. The van der Waals surface area contributed by atoms with Crippen LogP contribution < -0.4 is 0 Å². The van der Waals surface area contributed by atoms with Crippen LogP contribution in [0.25, 0.3) is 11.0 Å². The van der Waals surface area contributed by atoms with Gasteiger partial charge in [-0.1, -0.05) is 6.07 Å². The van der Waals surface area contributed by atoms with Crippen molar-refractivity contribution >= 4 is 23.3 Å². The van der Waals surface area contributed by atoms with Gasteiger partial charge in [-0.05, 0) is 24.4 Å². The van der Waals surface area contributed by atoms with Gasteiger partial charge in [0.05, 0.1) is 12.1 Å². The van der Waals surface area contributed by atoms with Crippen LogP contribution in [0.4, 0.5) is 8.78 Å². The SMILES string of the molecule is FCCn1c(=S)[nH]c2cccc(F)c21. The number of aromatic nitrogens is 2. The molecule has 2 aromatic rings. The minimum Gasteiger partial charge on any atom is -0.330 e. The first-order valence-corrected chi connectivity index (χ1v) is 4.58. The molecule has 0 aliphatic carbocycles. The van der Waals surface area contributed by atoms with Crippen LogP contribution in [0.2, 0.25) is 0 Å². The molecule has 0 saturated heterocycles. The highest BCUT2D eigenvalue weighted by Crippen LogP contribution is 2.17. The van der Waals surface area contributed by atoms with Gasteiger partial charge >= 0.3 is 0 Å². The largest absolute Gasteiger partial charge is 0.330 e. The average Bonchev–Trinajstić information content (AvgIpc) is 2.45. The van der Waals surface area contributed by atoms with E-state index in [1.165, 1.54) is 10.6 Å². The summed E-state index contributed by atoms with van der Waals surface area (Å²) in [6, 6.07) is 4.63. The van der Waals surface area contributed by atoms with E-state index in [-0.39, 0.29) is 12.4 Å². The Bertz CT molecular complexity index is 515. The summed E-state index contributed by atoms with van der Waals surface area (Å²) in [6.07, 6.45) is 0. The van der Waals surface area contributed by atoms with Crippen LogP contribution in [0.5, 0.6) is 0 Å². The summed E-state index contributed by atoms with van der Waals surface area (Å²) < 4.78 is 27.3. The molecule has 2 nitrogen and oxygen atoms in total. The van der Waals surface area contributed by atoms with Crippen LogP contribution in [-0.2, 0) is 6.54 Å². The summed E-state index contributed by atoms with van der Waals surface area (Å²) in [7, 11) is 0. The van der Waals surface area contributed by atoms with Crippen molar-refractivity contribution in [2.24, 2.45) is 0 Å². The lowest BCUT2D eigenvalue weighted by Crippen LogP contribution is -2.00. The second kappa shape index (κ2) is 3.49. The van der Waals surface area contributed by atoms with E-state index in [0.717, 1.165) is 0 Å². The highest BCUT2D eigenvalue weighted by Gasteiger charge is 2.07. The first-order chi connectivity index (χ1) is 6.74. The van der Waals surface area contributed by atoms with Crippen LogP contribution in [0.3, 0.4) is 0 Å². The van der Waals surface area contributed by atoms with Crippen LogP contribution in [0.1, 0.15) is 0 Å². The molecule has 0 bridgehead atoms. The second-order valence-electron chi connectivity index (χ2n) is 2.91. The lowest BCUT2D eigenvalue weighted by atomic mass is 10.3. The number of aryl methyl sites for hydroxylation is 1. The molecule has 0 spiro atoms. The van der Waals surface area contributed by atoms with Crippen molar-refractivity contribution in [1.29, 1.82) is 0 Å². The van der Waals surface area contributed by atoms with Crippen molar-refractivity contribution in [2.75, 3.05) is 6.67 Å². The molecule has 0 atom stereocenters. The molecule has 0 radical (unpaired) electrons. The van der Waals surface area contributed by atoms with E-state index in [1.807, 2.05) is 0 Å². The van der Waals surface area contributed by atoms with Gasteiger partial charge in [-0.25, -0.2) is 8.78 Å². The summed E-state index contributed by atoms with van der Waals surface area (Å²) in [5.74, 6) is -0.386. The Morgan fingerprint density at radius 1 is 1.43 bits per heavy atom. The lowest BCUT2D eigenvalue weighted by Gasteiger charge is -2.00. The van der Waals surface area contributed by atoms with Gasteiger partial charge < -0.3 is 9.55 Å². The number of imidazole rings is 1. The topological polar surface area (TPSA) is 20.7 Å². The maximum atomic E-state index is 13.4. The summed E-state index contributed by atoms with van der Waals surface area (Å²) in [6.45, 7) is -0.477. The zero-order valence-corrected chi connectivity index (χ0v) is 8.07. The number of halogens is 2. The maximum absolute atomic E-state index is 13.4. The molecule has 14 heavy (non-hydrogen) atoms. The van der Waals surface area contributed by atoms with Gasteiger partial charge in [0.1, 0.15) is 18.0 Å². The molecule has 1 aromatic carbocycles. The van der Waals surface area contributed by atoms with Gasteiger partial charge in [0.25, 0.3) is 0 Å². The second-order valence-corrected chi connectivity index (χ2v) is 3.29. The van der Waals surface area contributed by atoms with Crippen molar-refractivity contribution in [2.45, 2.75) is 6.54 Å². The third-order valence-corrected chi connectivity index (χ3v) is 2.37. The minimum absolute atomic E-state index is 0.0831. The van der Waals surface area contributed by atoms with Crippen LogP contribution in [0.15, 0.2) is 18.2 Å². The van der Waals surface area contributed by atoms with Crippen LogP contribution in [-0.4, -0.2) is 16.2 Å². The number of alkyl halides is 1. The van der Waals surface area contributed by atoms with Gasteiger partial charge in [0.15, 0.2) is 4.77 Å². The Morgan fingerprint density at radius 2 is 2.21 bits per heavy atom. The predicted molar refractivity (Wildman–Crippen MR) is 53.1 cm³/mol. The van der Waals surface area contributed by atoms with E-state index in [9.17, 15) is 8.78 Å². The van der Waals surface area contributed by atoms with E-state index in [4.69, 9.17) is 12.2 Å². The van der Waals surface area contributed by atoms with Crippen molar-refractivity contribution in [3.8, 4) is 0 Å². The monoisotopic (exact) mass is 214 g/mol. The molecule has 5 heteroatoms. The van der Waals surface area contributed by atoms with Crippen molar-refractivity contribution in [3.05, 3.63) is 28.8 Å². The number of nitrogens with zero attached hydrogens (tertiary/aromatic N) is 1. The lowest BCUT2D eigenvalue weighted by molar-refractivity contribution is 0.446. The van der Waals surface area contributed by atoms with Crippen molar-refractivity contribution in [3.63, 3.8) is 0 Å². The van der Waals surface area contributed by atoms with Gasteiger partial charge in [-0.2, -0.15) is 0 Å². The summed E-state index contributed by atoms with van der Waals surface area (Å²) in [5.41, 5.74) is 0.943. The number of para-hydroxylation sites is 1. The summed E-state index contributed by atoms with van der Waals surface area (Å²) in [4.78, 5) is 2.82. The molecule has 0 unspecified atom stereocenters. The number of hydrogen-bond acceptors (Lipinski definition) is 1. The molecule has 1 heterocycles. The van der Waals surface area contributed by atoms with Crippen molar-refractivity contribution in [1.82, 2.24) is 9.55 Å². The molecule has 2 rings (SSSR count). The van der Waals surface area contributed by atoms with Gasteiger partial charge in [-0.15, -0.1) is 0 Å². The Morgan fingerprint density at radius 3 is 2.93 bits per heavy atom.